The highest BCUT2D eigenvalue weighted by atomic mass is 79.9. The minimum Gasteiger partial charge on any atom is -0.497 e. The van der Waals surface area contributed by atoms with Crippen molar-refractivity contribution >= 4 is 39.2 Å². The molecule has 0 bridgehead atoms. The fraction of sp³-hybridized carbons (Fsp3) is 0.0312. The molecule has 4 aromatic carbocycles. The number of pyridine rings is 1. The highest BCUT2D eigenvalue weighted by Gasteiger charge is 2.26. The molecule has 5 aromatic rings. The number of nitrogens with zero attached hydrogens (tertiary/aromatic N) is 2. The molecule has 0 unspecified atom stereocenters. The maximum atomic E-state index is 14.0. The number of halogens is 1. The normalized spacial score (nSPS) is 10.5. The summed E-state index contributed by atoms with van der Waals surface area (Å²) in [7, 11) is 1.58. The summed E-state index contributed by atoms with van der Waals surface area (Å²) in [6, 6.07) is 34.1. The number of hydrogen-bond acceptors (Lipinski definition) is 5. The maximum Gasteiger partial charge on any atom is 0.343 e. The highest BCUT2D eigenvalue weighted by Crippen LogP contribution is 2.38. The number of methoxy groups -OCH3 is 1. The Bertz CT molecular complexity index is 1590. The van der Waals surface area contributed by atoms with E-state index in [0.29, 0.717) is 33.9 Å². The SMILES string of the molecule is COc1ccc(N(C(=O)c2ccccc2)c2cc(-c3ccc(Br)cc3)ncc2OC(=O)c2ccccc2)cc1. The van der Waals surface area contributed by atoms with Crippen LogP contribution in [-0.4, -0.2) is 24.0 Å². The molecule has 0 N–H and O–H groups in total. The van der Waals surface area contributed by atoms with Crippen molar-refractivity contribution in [2.75, 3.05) is 12.0 Å². The maximum absolute atomic E-state index is 14.0. The summed E-state index contributed by atoms with van der Waals surface area (Å²) in [4.78, 5) is 33.2. The quantitative estimate of drug-likeness (QED) is 0.185. The van der Waals surface area contributed by atoms with Crippen LogP contribution in [0.3, 0.4) is 0 Å². The number of ether oxygens (including phenoxy) is 2. The average Bonchev–Trinajstić information content (AvgIpc) is 2.99. The number of hydrogen-bond donors (Lipinski definition) is 0. The number of anilines is 2. The van der Waals surface area contributed by atoms with Crippen LogP contribution in [0.1, 0.15) is 20.7 Å². The highest BCUT2D eigenvalue weighted by molar-refractivity contribution is 9.10. The molecule has 7 heteroatoms. The van der Waals surface area contributed by atoms with E-state index in [1.165, 1.54) is 11.1 Å². The molecular weight excluding hydrogens is 556 g/mol. The largest absolute Gasteiger partial charge is 0.497 e. The van der Waals surface area contributed by atoms with Gasteiger partial charge < -0.3 is 9.47 Å². The van der Waals surface area contributed by atoms with E-state index in [-0.39, 0.29) is 11.7 Å². The van der Waals surface area contributed by atoms with Crippen LogP contribution in [0.25, 0.3) is 11.3 Å². The molecule has 1 heterocycles. The van der Waals surface area contributed by atoms with Gasteiger partial charge in [-0.15, -0.1) is 0 Å². The molecule has 1 aromatic heterocycles. The molecule has 0 aliphatic rings. The Labute approximate surface area is 234 Å². The first kappa shape index (κ1) is 25.9. The molecule has 0 saturated heterocycles. The first-order chi connectivity index (χ1) is 19.0. The van der Waals surface area contributed by atoms with Gasteiger partial charge in [0.15, 0.2) is 5.75 Å². The molecule has 39 heavy (non-hydrogen) atoms. The van der Waals surface area contributed by atoms with Gasteiger partial charge in [0.2, 0.25) is 0 Å². The van der Waals surface area contributed by atoms with Crippen molar-refractivity contribution in [2.24, 2.45) is 0 Å². The topological polar surface area (TPSA) is 68.7 Å². The van der Waals surface area contributed by atoms with Crippen LogP contribution >= 0.6 is 15.9 Å². The number of carbonyl (C=O) groups excluding carboxylic acids is 2. The monoisotopic (exact) mass is 578 g/mol. The second-order valence-corrected chi connectivity index (χ2v) is 9.42. The Morgan fingerprint density at radius 3 is 2.00 bits per heavy atom. The van der Waals surface area contributed by atoms with Crippen LogP contribution in [0.4, 0.5) is 11.4 Å². The van der Waals surface area contributed by atoms with Crippen molar-refractivity contribution in [3.63, 3.8) is 0 Å². The van der Waals surface area contributed by atoms with Gasteiger partial charge in [0.05, 0.1) is 30.3 Å². The van der Waals surface area contributed by atoms with Gasteiger partial charge in [-0.2, -0.15) is 0 Å². The van der Waals surface area contributed by atoms with Gasteiger partial charge in [-0.25, -0.2) is 4.79 Å². The van der Waals surface area contributed by atoms with E-state index in [0.717, 1.165) is 10.0 Å². The molecule has 0 spiro atoms. The summed E-state index contributed by atoms with van der Waals surface area (Å²) in [6.07, 6.45) is 1.47. The van der Waals surface area contributed by atoms with E-state index < -0.39 is 5.97 Å². The van der Waals surface area contributed by atoms with Crippen LogP contribution in [0.15, 0.2) is 126 Å². The third-order valence-electron chi connectivity index (χ3n) is 5.99. The van der Waals surface area contributed by atoms with Crippen molar-refractivity contribution in [1.29, 1.82) is 0 Å². The first-order valence-electron chi connectivity index (χ1n) is 12.1. The Hall–Kier alpha value is -4.75. The third kappa shape index (κ3) is 5.89. The van der Waals surface area contributed by atoms with Gasteiger partial charge in [-0.1, -0.05) is 64.5 Å². The zero-order valence-corrected chi connectivity index (χ0v) is 22.5. The van der Waals surface area contributed by atoms with Gasteiger partial charge in [0.1, 0.15) is 5.75 Å². The number of rotatable bonds is 7. The minimum atomic E-state index is -0.558. The molecule has 0 radical (unpaired) electrons. The molecule has 0 aliphatic heterocycles. The lowest BCUT2D eigenvalue weighted by Crippen LogP contribution is -2.27. The molecule has 0 aliphatic carbocycles. The fourth-order valence-corrected chi connectivity index (χ4v) is 4.27. The average molecular weight is 579 g/mol. The fourth-order valence-electron chi connectivity index (χ4n) is 4.00. The summed E-state index contributed by atoms with van der Waals surface area (Å²) in [5, 5.41) is 0. The third-order valence-corrected chi connectivity index (χ3v) is 6.52. The Kier molecular flexibility index (Phi) is 7.80. The minimum absolute atomic E-state index is 0.143. The Morgan fingerprint density at radius 1 is 0.769 bits per heavy atom. The number of aromatic nitrogens is 1. The number of benzene rings is 4. The molecular formula is C32H23BrN2O4. The second kappa shape index (κ2) is 11.8. The molecule has 0 atom stereocenters. The standard InChI is InChI=1S/C32H23BrN2O4/c1-38-27-18-16-26(17-19-27)35(31(36)23-8-4-2-5-9-23)29-20-28(22-12-14-25(33)15-13-22)34-21-30(29)39-32(37)24-10-6-3-7-11-24/h2-21H,1H3. The number of carbonyl (C=O) groups is 2. The van der Waals surface area contributed by atoms with Crippen LogP contribution in [0.5, 0.6) is 11.5 Å². The Balaban J connectivity index is 1.68. The van der Waals surface area contributed by atoms with E-state index in [9.17, 15) is 9.59 Å². The van der Waals surface area contributed by atoms with E-state index in [1.54, 1.807) is 86.0 Å². The van der Waals surface area contributed by atoms with Crippen LogP contribution in [0, 0.1) is 0 Å². The van der Waals surface area contributed by atoms with Crippen molar-refractivity contribution < 1.29 is 19.1 Å². The first-order valence-corrected chi connectivity index (χ1v) is 12.9. The predicted molar refractivity (Wildman–Crippen MR) is 155 cm³/mol. The van der Waals surface area contributed by atoms with E-state index >= 15 is 0 Å². The van der Waals surface area contributed by atoms with Gasteiger partial charge >= 0.3 is 5.97 Å². The molecule has 0 saturated carbocycles. The van der Waals surface area contributed by atoms with Gasteiger partial charge in [0.25, 0.3) is 5.91 Å². The summed E-state index contributed by atoms with van der Waals surface area (Å²) in [5.41, 5.74) is 3.22. The van der Waals surface area contributed by atoms with Gasteiger partial charge in [-0.3, -0.25) is 14.7 Å². The molecule has 6 nitrogen and oxygen atoms in total. The Morgan fingerprint density at radius 2 is 1.38 bits per heavy atom. The van der Waals surface area contributed by atoms with E-state index in [4.69, 9.17) is 9.47 Å². The van der Waals surface area contributed by atoms with Crippen molar-refractivity contribution in [1.82, 2.24) is 4.98 Å². The number of amides is 1. The summed E-state index contributed by atoms with van der Waals surface area (Å²) in [5.74, 6) is -0.0701. The van der Waals surface area contributed by atoms with Crippen molar-refractivity contribution in [3.05, 3.63) is 137 Å². The summed E-state index contributed by atoms with van der Waals surface area (Å²) >= 11 is 3.46. The smallest absolute Gasteiger partial charge is 0.343 e. The van der Waals surface area contributed by atoms with Gasteiger partial charge in [0, 0.05) is 21.3 Å². The lowest BCUT2D eigenvalue weighted by atomic mass is 10.1. The molecule has 0 fully saturated rings. The molecule has 192 valence electrons. The van der Waals surface area contributed by atoms with Crippen LogP contribution in [-0.2, 0) is 0 Å². The molecule has 5 rings (SSSR count). The lowest BCUT2D eigenvalue weighted by molar-refractivity contribution is 0.0733. The number of esters is 1. The summed E-state index contributed by atoms with van der Waals surface area (Å²) < 4.78 is 12.1. The van der Waals surface area contributed by atoms with Crippen molar-refractivity contribution in [3.8, 4) is 22.8 Å². The zero-order valence-electron chi connectivity index (χ0n) is 21.0. The summed E-state index contributed by atoms with van der Waals surface area (Å²) in [6.45, 7) is 0. The van der Waals surface area contributed by atoms with E-state index in [1.807, 2.05) is 36.4 Å². The zero-order chi connectivity index (χ0) is 27.2. The van der Waals surface area contributed by atoms with Crippen LogP contribution in [0.2, 0.25) is 0 Å². The van der Waals surface area contributed by atoms with Gasteiger partial charge in [-0.05, 0) is 66.7 Å². The second-order valence-electron chi connectivity index (χ2n) is 8.50. The predicted octanol–water partition coefficient (Wildman–Crippen LogP) is 7.72. The van der Waals surface area contributed by atoms with Crippen LogP contribution < -0.4 is 14.4 Å². The van der Waals surface area contributed by atoms with Crippen molar-refractivity contribution in [2.45, 2.75) is 0 Å². The molecule has 1 amide bonds. The van der Waals surface area contributed by atoms with E-state index in [2.05, 4.69) is 20.9 Å². The lowest BCUT2D eigenvalue weighted by Gasteiger charge is -2.25.